The third-order valence-electron chi connectivity index (χ3n) is 13.4. The first-order chi connectivity index (χ1) is 27.6. The number of aromatic nitrogens is 4. The van der Waals surface area contributed by atoms with Crippen molar-refractivity contribution in [2.75, 3.05) is 23.3 Å². The van der Waals surface area contributed by atoms with Crippen LogP contribution in [-0.4, -0.2) is 50.3 Å². The molecule has 2 unspecified atom stereocenters. The molecule has 1 aliphatic heterocycles. The number of nitrogens with one attached hydrogen (secondary N) is 1. The second-order valence-electron chi connectivity index (χ2n) is 20.0. The highest BCUT2D eigenvalue weighted by Gasteiger charge is 2.65. The van der Waals surface area contributed by atoms with Gasteiger partial charge in [0.25, 0.3) is 5.91 Å². The quantitative estimate of drug-likeness (QED) is 0.134. The fourth-order valence-corrected chi connectivity index (χ4v) is 13.6. The smallest absolute Gasteiger partial charge is 0.358 e. The summed E-state index contributed by atoms with van der Waals surface area (Å²) in [5.41, 5.74) is 13.1. The van der Waals surface area contributed by atoms with Crippen molar-refractivity contribution in [1.82, 2.24) is 19.7 Å². The Bertz CT molecular complexity index is 2370. The predicted molar refractivity (Wildman–Crippen MR) is 231 cm³/mol. The number of anilines is 2. The Kier molecular flexibility index (Phi) is 9.39. The minimum Gasteiger partial charge on any atom is -0.455 e. The van der Waals surface area contributed by atoms with E-state index in [0.29, 0.717) is 45.8 Å². The predicted octanol–water partition coefficient (Wildman–Crippen LogP) is 9.74. The van der Waals surface area contributed by atoms with Gasteiger partial charge in [0.1, 0.15) is 11.4 Å². The molecule has 4 saturated carbocycles. The highest BCUT2D eigenvalue weighted by molar-refractivity contribution is 7.22. The molecule has 10 nitrogen and oxygen atoms in total. The van der Waals surface area contributed by atoms with Gasteiger partial charge in [-0.1, -0.05) is 49.4 Å². The van der Waals surface area contributed by atoms with Gasteiger partial charge in [0.2, 0.25) is 0 Å². The van der Waals surface area contributed by atoms with E-state index in [1.165, 1.54) is 56.3 Å². The number of ether oxygens (including phenoxy) is 1. The number of fused-ring (bicyclic) bond motifs is 2. The molecule has 0 radical (unpaired) electrons. The zero-order valence-corrected chi connectivity index (χ0v) is 35.7. The molecule has 3 N–H and O–H groups in total. The number of rotatable bonds is 10. The summed E-state index contributed by atoms with van der Waals surface area (Å²) in [6.07, 6.45) is 12.6. The molecule has 11 heteroatoms. The summed E-state index contributed by atoms with van der Waals surface area (Å²) in [5.74, 6) is 0.0126. The SMILES string of the molecule is Cc1c(-c2ccc(N3CCc4cccc(C(=O)Nc5nc6ccccc6s5)c4C3)nc2C(=O)OC(C)(C)C)cnn1CC12CC3(C)CC(C)(CC(CCCN)(C3)C1)C2. The summed E-state index contributed by atoms with van der Waals surface area (Å²) in [6.45, 7) is 15.7. The highest BCUT2D eigenvalue weighted by atomic mass is 32.1. The molecule has 4 fully saturated rings. The number of nitrogens with zero attached hydrogens (tertiary/aromatic N) is 5. The van der Waals surface area contributed by atoms with Gasteiger partial charge in [-0.2, -0.15) is 5.10 Å². The van der Waals surface area contributed by atoms with Crippen LogP contribution in [0.3, 0.4) is 0 Å². The molecule has 0 saturated heterocycles. The fraction of sp³-hybridized carbons (Fsp3) is 0.511. The van der Waals surface area contributed by atoms with E-state index in [2.05, 4.69) is 46.7 Å². The van der Waals surface area contributed by atoms with E-state index < -0.39 is 11.6 Å². The van der Waals surface area contributed by atoms with Crippen LogP contribution in [0.2, 0.25) is 0 Å². The van der Waals surface area contributed by atoms with E-state index in [9.17, 15) is 9.59 Å². The normalized spacial score (nSPS) is 26.2. The van der Waals surface area contributed by atoms with Crippen LogP contribution in [-0.2, 0) is 24.2 Å². The van der Waals surface area contributed by atoms with Crippen molar-refractivity contribution in [3.05, 3.63) is 88.9 Å². The molecule has 0 spiro atoms. The number of esters is 1. The lowest BCUT2D eigenvalue weighted by molar-refractivity contribution is -0.197. The number of carbonyl (C=O) groups is 2. The number of hydrogen-bond acceptors (Lipinski definition) is 9. The van der Waals surface area contributed by atoms with Gasteiger partial charge in [-0.15, -0.1) is 0 Å². The van der Waals surface area contributed by atoms with Gasteiger partial charge >= 0.3 is 5.97 Å². The van der Waals surface area contributed by atoms with Gasteiger partial charge in [-0.05, 0) is 155 Å². The van der Waals surface area contributed by atoms with Crippen LogP contribution in [0.5, 0.6) is 0 Å². The van der Waals surface area contributed by atoms with Crippen LogP contribution < -0.4 is 16.0 Å². The molecule has 4 bridgehead atoms. The molecular formula is C47H57N7O3S. The summed E-state index contributed by atoms with van der Waals surface area (Å²) >= 11 is 1.46. The molecule has 5 aliphatic rings. The number of para-hydroxylation sites is 1. The maximum atomic E-state index is 14.1. The lowest BCUT2D eigenvalue weighted by Crippen LogP contribution is -2.60. The lowest BCUT2D eigenvalue weighted by Gasteiger charge is -2.70. The summed E-state index contributed by atoms with van der Waals surface area (Å²) in [6, 6.07) is 17.8. The summed E-state index contributed by atoms with van der Waals surface area (Å²) in [7, 11) is 0. The largest absolute Gasteiger partial charge is 0.455 e. The molecule has 1 amide bonds. The van der Waals surface area contributed by atoms with Gasteiger partial charge in [0.05, 0.1) is 16.4 Å². The minimum absolute atomic E-state index is 0.186. The average Bonchev–Trinajstić information content (AvgIpc) is 3.72. The van der Waals surface area contributed by atoms with E-state index in [-0.39, 0.29) is 17.0 Å². The summed E-state index contributed by atoms with van der Waals surface area (Å²) in [5, 5.41) is 8.66. The standard InChI is InChI=1S/C47H57N7O3S/c1-30-34(21-49-54(30)29-47-26-44(5)23-45(6,27-47)25-46(24-44,28-47)18-10-19-48)32-15-16-38(51-39(32)41(56)57-43(2,3)4)53-20-17-31-11-9-12-33(35(31)22-53)40(55)52-42-50-36-13-7-8-14-37(36)58-42/h7-9,11-16,21H,10,17-20,22-29,48H2,1-6H3,(H,50,52,55). The third kappa shape index (κ3) is 7.22. The minimum atomic E-state index is -0.703. The van der Waals surface area contributed by atoms with Gasteiger partial charge in [0.15, 0.2) is 10.8 Å². The number of amides is 1. The van der Waals surface area contributed by atoms with Crippen molar-refractivity contribution >= 4 is 44.4 Å². The molecule has 3 aromatic heterocycles. The van der Waals surface area contributed by atoms with E-state index in [1.807, 2.05) is 75.5 Å². The fourth-order valence-electron chi connectivity index (χ4n) is 12.7. The zero-order chi connectivity index (χ0) is 40.7. The van der Waals surface area contributed by atoms with Crippen LogP contribution in [0.1, 0.15) is 124 Å². The van der Waals surface area contributed by atoms with Crippen molar-refractivity contribution in [2.45, 2.75) is 118 Å². The number of benzene rings is 2. The van der Waals surface area contributed by atoms with Crippen LogP contribution in [0.4, 0.5) is 10.9 Å². The van der Waals surface area contributed by atoms with Crippen LogP contribution in [0.25, 0.3) is 21.3 Å². The Hall–Kier alpha value is -4.61. The van der Waals surface area contributed by atoms with Gasteiger partial charge in [-0.3, -0.25) is 14.8 Å². The maximum absolute atomic E-state index is 14.1. The summed E-state index contributed by atoms with van der Waals surface area (Å²) < 4.78 is 9.24. The second-order valence-corrected chi connectivity index (χ2v) is 21.0. The Morgan fingerprint density at radius 2 is 1.67 bits per heavy atom. The monoisotopic (exact) mass is 799 g/mol. The molecule has 5 aromatic rings. The van der Waals surface area contributed by atoms with Crippen LogP contribution >= 0.6 is 11.3 Å². The first kappa shape index (κ1) is 38.9. The summed E-state index contributed by atoms with van der Waals surface area (Å²) in [4.78, 5) is 39.7. The van der Waals surface area contributed by atoms with Crippen molar-refractivity contribution in [2.24, 2.45) is 27.4 Å². The molecular weight excluding hydrogens is 743 g/mol. The van der Waals surface area contributed by atoms with E-state index >= 15 is 0 Å². The zero-order valence-electron chi connectivity index (χ0n) is 34.9. The number of hydrogen-bond donors (Lipinski definition) is 2. The third-order valence-corrected chi connectivity index (χ3v) is 14.4. The van der Waals surface area contributed by atoms with Crippen molar-refractivity contribution in [3.8, 4) is 11.1 Å². The van der Waals surface area contributed by atoms with E-state index in [0.717, 1.165) is 64.1 Å². The second kappa shape index (κ2) is 14.0. The number of thiazole rings is 1. The number of nitrogens with two attached hydrogens (primary N) is 1. The van der Waals surface area contributed by atoms with Crippen molar-refractivity contribution in [3.63, 3.8) is 0 Å². The Morgan fingerprint density at radius 3 is 2.41 bits per heavy atom. The lowest BCUT2D eigenvalue weighted by atomic mass is 9.35. The Balaban J connectivity index is 1.01. The number of pyridine rings is 1. The van der Waals surface area contributed by atoms with Crippen LogP contribution in [0.15, 0.2) is 60.8 Å². The molecule has 4 heterocycles. The Labute approximate surface area is 346 Å². The van der Waals surface area contributed by atoms with Gasteiger partial charge in [-0.25, -0.2) is 14.8 Å². The molecule has 10 rings (SSSR count). The Morgan fingerprint density at radius 1 is 0.914 bits per heavy atom. The highest BCUT2D eigenvalue weighted by Crippen LogP contribution is 2.75. The molecule has 2 atom stereocenters. The maximum Gasteiger partial charge on any atom is 0.358 e. The number of carbonyl (C=O) groups excluding carboxylic acids is 2. The van der Waals surface area contributed by atoms with Crippen LogP contribution in [0, 0.1) is 28.6 Å². The van der Waals surface area contributed by atoms with Crippen molar-refractivity contribution < 1.29 is 14.3 Å². The van der Waals surface area contributed by atoms with E-state index in [1.54, 1.807) is 0 Å². The average molecular weight is 800 g/mol. The first-order valence-electron chi connectivity index (χ1n) is 21.1. The molecule has 304 valence electrons. The van der Waals surface area contributed by atoms with Gasteiger partial charge in [0, 0.05) is 42.0 Å². The first-order valence-corrected chi connectivity index (χ1v) is 21.9. The van der Waals surface area contributed by atoms with Crippen molar-refractivity contribution in [1.29, 1.82) is 0 Å². The molecule has 4 aliphatic carbocycles. The van der Waals surface area contributed by atoms with E-state index in [4.69, 9.17) is 20.6 Å². The molecule has 58 heavy (non-hydrogen) atoms. The topological polar surface area (TPSA) is 128 Å². The molecule has 2 aromatic carbocycles. The van der Waals surface area contributed by atoms with Gasteiger partial charge < -0.3 is 15.4 Å².